The van der Waals surface area contributed by atoms with E-state index in [1.54, 1.807) is 25.5 Å². The molecule has 0 spiro atoms. The first kappa shape index (κ1) is 31.8. The second-order valence-corrected chi connectivity index (χ2v) is 9.11. The third kappa shape index (κ3) is 8.02. The number of pyridine rings is 1. The van der Waals surface area contributed by atoms with Crippen molar-refractivity contribution >= 4 is 34.9 Å². The molecule has 40 heavy (non-hydrogen) atoms. The van der Waals surface area contributed by atoms with Crippen LogP contribution in [0.15, 0.2) is 86.4 Å². The maximum absolute atomic E-state index is 12.8. The van der Waals surface area contributed by atoms with E-state index in [1.807, 2.05) is 58.0 Å². The molecule has 0 saturated carbocycles. The monoisotopic (exact) mass is 542 g/mol. The number of benzene rings is 1. The minimum Gasteiger partial charge on any atom is -0.422 e. The summed E-state index contributed by atoms with van der Waals surface area (Å²) in [4.78, 5) is 26.8. The molecule has 0 unspecified atom stereocenters. The molecular weight excluding hydrogens is 500 g/mol. The van der Waals surface area contributed by atoms with Crippen molar-refractivity contribution in [1.29, 1.82) is 0 Å². The Balaban J connectivity index is 0.000000364. The number of nitrogens with zero attached hydrogens (tertiary/aromatic N) is 4. The van der Waals surface area contributed by atoms with Crippen LogP contribution in [0.2, 0.25) is 0 Å². The number of rotatable bonds is 7. The molecule has 3 aromatic rings. The summed E-state index contributed by atoms with van der Waals surface area (Å²) in [5.41, 5.74) is 17.2. The summed E-state index contributed by atoms with van der Waals surface area (Å²) >= 11 is 0. The number of anilines is 1. The van der Waals surface area contributed by atoms with Gasteiger partial charge >= 0.3 is 5.63 Å². The van der Waals surface area contributed by atoms with Gasteiger partial charge in [-0.25, -0.2) is 4.79 Å². The van der Waals surface area contributed by atoms with Crippen molar-refractivity contribution in [2.75, 3.05) is 25.0 Å². The zero-order valence-electron chi connectivity index (χ0n) is 24.4. The molecule has 3 heterocycles. The minimum absolute atomic E-state index is 0.349. The molecule has 0 atom stereocenters. The molecular formula is C32H42N6O2. The van der Waals surface area contributed by atoms with Crippen LogP contribution in [0.25, 0.3) is 27.8 Å². The quantitative estimate of drug-likeness (QED) is 0.158. The molecule has 212 valence electrons. The Hall–Kier alpha value is -4.46. The van der Waals surface area contributed by atoms with Crippen molar-refractivity contribution in [2.24, 2.45) is 21.5 Å². The highest BCUT2D eigenvalue weighted by molar-refractivity contribution is 5.97. The van der Waals surface area contributed by atoms with E-state index in [-0.39, 0.29) is 5.63 Å². The van der Waals surface area contributed by atoms with Crippen LogP contribution in [0, 0.1) is 6.92 Å². The molecule has 0 radical (unpaired) electrons. The van der Waals surface area contributed by atoms with E-state index in [4.69, 9.17) is 15.9 Å². The number of aromatic nitrogens is 1. The van der Waals surface area contributed by atoms with Crippen LogP contribution in [0.4, 0.5) is 5.69 Å². The first-order valence-corrected chi connectivity index (χ1v) is 13.5. The third-order valence-electron chi connectivity index (χ3n) is 6.23. The molecule has 1 fully saturated rings. The number of hydrogen-bond acceptors (Lipinski definition) is 7. The Morgan fingerprint density at radius 2 is 1.82 bits per heavy atom. The number of hydrogen-bond donors (Lipinski definition) is 2. The Morgan fingerprint density at radius 3 is 2.38 bits per heavy atom. The van der Waals surface area contributed by atoms with Gasteiger partial charge in [0, 0.05) is 66.5 Å². The fourth-order valence-electron chi connectivity index (χ4n) is 4.08. The van der Waals surface area contributed by atoms with Crippen molar-refractivity contribution in [3.05, 3.63) is 88.7 Å². The standard InChI is InChI=1S/C22H23N3O2.C7H13N3.C3H6/c1-3-5-19(23)15-10-16(13-24-12-15)21-14(2)18-7-6-17(25-8-4-9-25)11-20(18)27-22(21)26;1-4-5-6(9-2)7(8)10-3;1-3-2/h5-7,10-13H,3-4,8-9,23H2,1-2H3;5H,2,4H2,1,3H3,(H2,8,10);3H,1H2,2H3/b19-5+;6-5+;. The molecule has 1 aliphatic heterocycles. The SMILES string of the molecule is C=CC.C=N/C(=C/CC)C(N)=NC.CC/C=C(/N)c1cncc(-c2c(C)c3ccc(N4CCC4)cc3oc2=O)c1. The van der Waals surface area contributed by atoms with Gasteiger partial charge in [0.1, 0.15) is 11.4 Å². The van der Waals surface area contributed by atoms with E-state index in [1.165, 1.54) is 6.42 Å². The van der Waals surface area contributed by atoms with Gasteiger partial charge in [-0.2, -0.15) is 0 Å². The Bertz CT molecular complexity index is 1460. The molecule has 2 aromatic heterocycles. The maximum Gasteiger partial charge on any atom is 0.344 e. The van der Waals surface area contributed by atoms with Crippen LogP contribution in [0.1, 0.15) is 51.2 Å². The lowest BCUT2D eigenvalue weighted by Crippen LogP contribution is -2.36. The lowest BCUT2D eigenvalue weighted by Gasteiger charge is -2.33. The summed E-state index contributed by atoms with van der Waals surface area (Å²) in [6.45, 7) is 16.7. The van der Waals surface area contributed by atoms with E-state index < -0.39 is 0 Å². The van der Waals surface area contributed by atoms with Gasteiger partial charge in [-0.05, 0) is 63.6 Å². The van der Waals surface area contributed by atoms with E-state index in [2.05, 4.69) is 39.2 Å². The van der Waals surface area contributed by atoms with Crippen molar-refractivity contribution in [3.8, 4) is 11.1 Å². The van der Waals surface area contributed by atoms with Gasteiger partial charge in [-0.1, -0.05) is 32.1 Å². The molecule has 1 aliphatic rings. The van der Waals surface area contributed by atoms with Crippen LogP contribution >= 0.6 is 0 Å². The van der Waals surface area contributed by atoms with Crippen LogP contribution in [-0.4, -0.2) is 37.7 Å². The van der Waals surface area contributed by atoms with Crippen LogP contribution in [0.5, 0.6) is 0 Å². The Morgan fingerprint density at radius 1 is 1.15 bits per heavy atom. The van der Waals surface area contributed by atoms with Gasteiger partial charge < -0.3 is 20.8 Å². The second kappa shape index (κ2) is 15.8. The number of aliphatic imine (C=N–C) groups is 2. The van der Waals surface area contributed by atoms with Gasteiger partial charge in [0.05, 0.1) is 11.3 Å². The smallest absolute Gasteiger partial charge is 0.344 e. The molecule has 4 N–H and O–H groups in total. The molecule has 8 nitrogen and oxygen atoms in total. The number of aryl methyl sites for hydroxylation is 1. The summed E-state index contributed by atoms with van der Waals surface area (Å²) < 4.78 is 5.68. The van der Waals surface area contributed by atoms with Crippen molar-refractivity contribution in [1.82, 2.24) is 4.98 Å². The average molecular weight is 543 g/mol. The fourth-order valence-corrected chi connectivity index (χ4v) is 4.08. The van der Waals surface area contributed by atoms with E-state index >= 15 is 0 Å². The normalized spacial score (nSPS) is 13.4. The Kier molecular flexibility index (Phi) is 12.6. The second-order valence-electron chi connectivity index (χ2n) is 9.11. The summed E-state index contributed by atoms with van der Waals surface area (Å²) in [5.74, 6) is 0.442. The van der Waals surface area contributed by atoms with E-state index in [0.717, 1.165) is 53.7 Å². The molecule has 0 bridgehead atoms. The van der Waals surface area contributed by atoms with Crippen LogP contribution in [-0.2, 0) is 0 Å². The summed E-state index contributed by atoms with van der Waals surface area (Å²) in [5, 5.41) is 0.941. The summed E-state index contributed by atoms with van der Waals surface area (Å²) in [6, 6.07) is 7.99. The van der Waals surface area contributed by atoms with Crippen molar-refractivity contribution in [2.45, 2.75) is 47.0 Å². The fraction of sp³-hybridized carbons (Fsp3) is 0.312. The summed E-state index contributed by atoms with van der Waals surface area (Å²) in [7, 11) is 1.63. The van der Waals surface area contributed by atoms with Gasteiger partial charge in [0.2, 0.25) is 0 Å². The first-order chi connectivity index (χ1) is 19.3. The molecule has 0 aliphatic carbocycles. The zero-order chi connectivity index (χ0) is 29.7. The molecule has 4 rings (SSSR count). The highest BCUT2D eigenvalue weighted by atomic mass is 16.4. The zero-order valence-corrected chi connectivity index (χ0v) is 24.4. The lowest BCUT2D eigenvalue weighted by molar-refractivity contribution is 0.561. The molecule has 1 aromatic carbocycles. The summed E-state index contributed by atoms with van der Waals surface area (Å²) in [6.07, 6.45) is 11.9. The van der Waals surface area contributed by atoms with Gasteiger partial charge in [-0.15, -0.1) is 6.58 Å². The van der Waals surface area contributed by atoms with Crippen molar-refractivity contribution in [3.63, 3.8) is 0 Å². The van der Waals surface area contributed by atoms with Crippen molar-refractivity contribution < 1.29 is 4.42 Å². The molecule has 0 amide bonds. The lowest BCUT2D eigenvalue weighted by atomic mass is 9.99. The number of amidine groups is 1. The largest absolute Gasteiger partial charge is 0.422 e. The predicted octanol–water partition coefficient (Wildman–Crippen LogP) is 6.24. The van der Waals surface area contributed by atoms with Gasteiger partial charge in [0.15, 0.2) is 0 Å². The van der Waals surface area contributed by atoms with Gasteiger partial charge in [0.25, 0.3) is 0 Å². The third-order valence-corrected chi connectivity index (χ3v) is 6.23. The number of fused-ring (bicyclic) bond motifs is 1. The van der Waals surface area contributed by atoms with Gasteiger partial charge in [-0.3, -0.25) is 15.0 Å². The number of nitrogens with two attached hydrogens (primary N) is 2. The molecule has 8 heteroatoms. The van der Waals surface area contributed by atoms with Crippen LogP contribution in [0.3, 0.4) is 0 Å². The number of allylic oxidation sites excluding steroid dienone is 3. The minimum atomic E-state index is -0.349. The van der Waals surface area contributed by atoms with Crippen LogP contribution < -0.4 is 22.0 Å². The first-order valence-electron chi connectivity index (χ1n) is 13.5. The van der Waals surface area contributed by atoms with E-state index in [9.17, 15) is 4.79 Å². The van der Waals surface area contributed by atoms with E-state index in [0.29, 0.717) is 28.4 Å². The average Bonchev–Trinajstić information content (AvgIpc) is 2.91. The Labute approximate surface area is 237 Å². The topological polar surface area (TPSA) is 123 Å². The maximum atomic E-state index is 12.8. The molecule has 1 saturated heterocycles. The highest BCUT2D eigenvalue weighted by Crippen LogP contribution is 2.31. The predicted molar refractivity (Wildman–Crippen MR) is 171 cm³/mol. The highest BCUT2D eigenvalue weighted by Gasteiger charge is 2.18.